The van der Waals surface area contributed by atoms with Crippen LogP contribution < -0.4 is 5.73 Å². The summed E-state index contributed by atoms with van der Waals surface area (Å²) in [5.74, 6) is 0.528. The molecule has 0 radical (unpaired) electrons. The molecular weight excluding hydrogens is 261 g/mol. The van der Waals surface area contributed by atoms with Gasteiger partial charge in [0.05, 0.1) is 21.6 Å². The molecule has 0 amide bonds. The van der Waals surface area contributed by atoms with Crippen LogP contribution in [0.1, 0.15) is 19.9 Å². The molecule has 2 N–H and O–H groups in total. The van der Waals surface area contributed by atoms with Crippen molar-refractivity contribution in [3.05, 3.63) is 35.5 Å². The monoisotopic (exact) mass is 275 g/mol. The summed E-state index contributed by atoms with van der Waals surface area (Å²) < 4.78 is 15.4. The average Bonchev–Trinajstić information content (AvgIpc) is 2.91. The van der Waals surface area contributed by atoms with Gasteiger partial charge in [-0.1, -0.05) is 0 Å². The van der Waals surface area contributed by atoms with Gasteiger partial charge in [0.25, 0.3) is 0 Å². The van der Waals surface area contributed by atoms with Crippen LogP contribution in [0.15, 0.2) is 29.6 Å². The molecule has 0 bridgehead atoms. The van der Waals surface area contributed by atoms with Crippen LogP contribution in [0.3, 0.4) is 0 Å². The zero-order valence-electron chi connectivity index (χ0n) is 10.7. The van der Waals surface area contributed by atoms with E-state index in [1.54, 1.807) is 6.07 Å². The van der Waals surface area contributed by atoms with E-state index in [-0.39, 0.29) is 11.9 Å². The van der Waals surface area contributed by atoms with Crippen molar-refractivity contribution < 1.29 is 4.39 Å². The molecule has 0 aliphatic rings. The zero-order chi connectivity index (χ0) is 13.6. The number of aromatic nitrogens is 2. The number of anilines is 1. The van der Waals surface area contributed by atoms with Crippen molar-refractivity contribution in [2.75, 3.05) is 5.73 Å². The first-order valence-corrected chi connectivity index (χ1v) is 6.96. The van der Waals surface area contributed by atoms with Gasteiger partial charge in [0, 0.05) is 12.1 Å². The second-order valence-electron chi connectivity index (χ2n) is 4.73. The maximum Gasteiger partial charge on any atom is 0.144 e. The number of hydrogen-bond donors (Lipinski definition) is 1. The lowest BCUT2D eigenvalue weighted by Crippen LogP contribution is -2.03. The molecule has 0 saturated carbocycles. The summed E-state index contributed by atoms with van der Waals surface area (Å²) in [5.41, 5.74) is 8.49. The molecule has 2 aromatic heterocycles. The lowest BCUT2D eigenvalue weighted by molar-refractivity contribution is 0.620. The van der Waals surface area contributed by atoms with E-state index in [1.807, 2.05) is 11.4 Å². The number of imidazole rings is 1. The minimum absolute atomic E-state index is 0.227. The third kappa shape index (κ3) is 1.90. The van der Waals surface area contributed by atoms with Crippen molar-refractivity contribution in [3.8, 4) is 11.4 Å². The van der Waals surface area contributed by atoms with E-state index in [2.05, 4.69) is 23.4 Å². The Morgan fingerprint density at radius 2 is 2.11 bits per heavy atom. The van der Waals surface area contributed by atoms with E-state index in [9.17, 15) is 4.39 Å². The van der Waals surface area contributed by atoms with Gasteiger partial charge < -0.3 is 10.3 Å². The molecule has 0 aliphatic heterocycles. The highest BCUT2D eigenvalue weighted by Crippen LogP contribution is 2.34. The first-order valence-electron chi connectivity index (χ1n) is 6.08. The van der Waals surface area contributed by atoms with E-state index in [4.69, 9.17) is 5.73 Å². The molecule has 3 rings (SSSR count). The Kier molecular flexibility index (Phi) is 2.78. The van der Waals surface area contributed by atoms with Gasteiger partial charge in [-0.05, 0) is 37.4 Å². The fourth-order valence-corrected chi connectivity index (χ4v) is 2.93. The molecule has 1 aromatic carbocycles. The molecule has 0 unspecified atom stereocenters. The normalized spacial score (nSPS) is 11.6. The zero-order valence-corrected chi connectivity index (χ0v) is 11.5. The van der Waals surface area contributed by atoms with Gasteiger partial charge in [0.2, 0.25) is 0 Å². The van der Waals surface area contributed by atoms with Gasteiger partial charge in [-0.25, -0.2) is 9.37 Å². The Labute approximate surface area is 114 Å². The number of fused-ring (bicyclic) bond motifs is 1. The quantitative estimate of drug-likeness (QED) is 0.766. The van der Waals surface area contributed by atoms with Crippen molar-refractivity contribution >= 4 is 27.4 Å². The molecule has 98 valence electrons. The Morgan fingerprint density at radius 1 is 1.32 bits per heavy atom. The number of thiophene rings is 1. The van der Waals surface area contributed by atoms with Crippen LogP contribution >= 0.6 is 11.3 Å². The van der Waals surface area contributed by atoms with Crippen LogP contribution in [0.25, 0.3) is 22.4 Å². The molecule has 19 heavy (non-hydrogen) atoms. The van der Waals surface area contributed by atoms with E-state index in [0.717, 1.165) is 21.9 Å². The first kappa shape index (κ1) is 12.2. The van der Waals surface area contributed by atoms with E-state index in [0.29, 0.717) is 5.52 Å². The molecule has 0 spiro atoms. The topological polar surface area (TPSA) is 43.8 Å². The highest BCUT2D eigenvalue weighted by Gasteiger charge is 2.17. The van der Waals surface area contributed by atoms with Gasteiger partial charge in [-0.2, -0.15) is 0 Å². The summed E-state index contributed by atoms with van der Waals surface area (Å²) in [6.07, 6.45) is 0. The number of rotatable bonds is 2. The van der Waals surface area contributed by atoms with Gasteiger partial charge in [0.15, 0.2) is 0 Å². The molecule has 0 atom stereocenters. The van der Waals surface area contributed by atoms with Crippen molar-refractivity contribution in [1.82, 2.24) is 9.55 Å². The summed E-state index contributed by atoms with van der Waals surface area (Å²) in [6, 6.07) is 6.87. The minimum atomic E-state index is -0.272. The standard InChI is InChI=1S/C14H14FN3S/c1-8(2)18-12-4-3-9(15)7-11(12)17-14(18)10-5-6-19-13(10)16/h3-8H,16H2,1-2H3. The third-order valence-corrected chi connectivity index (χ3v) is 3.85. The van der Waals surface area contributed by atoms with E-state index >= 15 is 0 Å². The SMILES string of the molecule is CC(C)n1c(-c2ccsc2N)nc2cc(F)ccc21. The number of hydrogen-bond acceptors (Lipinski definition) is 3. The smallest absolute Gasteiger partial charge is 0.144 e. The highest BCUT2D eigenvalue weighted by molar-refractivity contribution is 7.14. The van der Waals surface area contributed by atoms with Gasteiger partial charge in [0.1, 0.15) is 11.6 Å². The molecule has 0 fully saturated rings. The molecule has 3 aromatic rings. The molecule has 0 saturated heterocycles. The van der Waals surface area contributed by atoms with Crippen molar-refractivity contribution in [2.24, 2.45) is 0 Å². The lowest BCUT2D eigenvalue weighted by Gasteiger charge is -2.12. The van der Waals surface area contributed by atoms with Crippen molar-refractivity contribution in [3.63, 3.8) is 0 Å². The minimum Gasteiger partial charge on any atom is -0.390 e. The van der Waals surface area contributed by atoms with Crippen LogP contribution in [-0.4, -0.2) is 9.55 Å². The fourth-order valence-electron chi connectivity index (χ4n) is 2.29. The molecule has 3 nitrogen and oxygen atoms in total. The Bertz CT molecular complexity index is 742. The van der Waals surface area contributed by atoms with Crippen molar-refractivity contribution in [2.45, 2.75) is 19.9 Å². The first-order chi connectivity index (χ1) is 9.08. The van der Waals surface area contributed by atoms with Crippen LogP contribution in [0, 0.1) is 5.82 Å². The summed E-state index contributed by atoms with van der Waals surface area (Å²) in [6.45, 7) is 4.16. The molecule has 2 heterocycles. The van der Waals surface area contributed by atoms with Crippen LogP contribution in [0.2, 0.25) is 0 Å². The molecule has 5 heteroatoms. The fraction of sp³-hybridized carbons (Fsp3) is 0.214. The number of nitrogens with zero attached hydrogens (tertiary/aromatic N) is 2. The summed E-state index contributed by atoms with van der Waals surface area (Å²) in [4.78, 5) is 4.55. The van der Waals surface area contributed by atoms with Crippen molar-refractivity contribution in [1.29, 1.82) is 0 Å². The predicted molar refractivity (Wildman–Crippen MR) is 77.8 cm³/mol. The number of benzene rings is 1. The van der Waals surface area contributed by atoms with Crippen LogP contribution in [0.4, 0.5) is 9.39 Å². The summed E-state index contributed by atoms with van der Waals surface area (Å²) in [7, 11) is 0. The maximum absolute atomic E-state index is 13.3. The van der Waals surface area contributed by atoms with E-state index < -0.39 is 0 Å². The van der Waals surface area contributed by atoms with Gasteiger partial charge >= 0.3 is 0 Å². The lowest BCUT2D eigenvalue weighted by atomic mass is 10.2. The Balaban J connectivity index is 2.35. The number of nitrogen functional groups attached to an aromatic ring is 1. The predicted octanol–water partition coefficient (Wildman–Crippen LogP) is 4.07. The average molecular weight is 275 g/mol. The second-order valence-corrected chi connectivity index (χ2v) is 5.68. The molecule has 0 aliphatic carbocycles. The number of nitrogens with two attached hydrogens (primary N) is 1. The van der Waals surface area contributed by atoms with E-state index in [1.165, 1.54) is 23.5 Å². The Morgan fingerprint density at radius 3 is 2.74 bits per heavy atom. The molecular formula is C14H14FN3S. The number of halogens is 1. The summed E-state index contributed by atoms with van der Waals surface area (Å²) in [5, 5.41) is 2.67. The van der Waals surface area contributed by atoms with Gasteiger partial charge in [-0.15, -0.1) is 11.3 Å². The van der Waals surface area contributed by atoms with Crippen LogP contribution in [-0.2, 0) is 0 Å². The summed E-state index contributed by atoms with van der Waals surface area (Å²) >= 11 is 1.48. The van der Waals surface area contributed by atoms with Crippen LogP contribution in [0.5, 0.6) is 0 Å². The Hall–Kier alpha value is -1.88. The maximum atomic E-state index is 13.3. The third-order valence-electron chi connectivity index (χ3n) is 3.10. The highest BCUT2D eigenvalue weighted by atomic mass is 32.1. The van der Waals surface area contributed by atoms with Gasteiger partial charge in [-0.3, -0.25) is 0 Å². The second kappa shape index (κ2) is 4.35. The largest absolute Gasteiger partial charge is 0.390 e.